The molecule has 1 fully saturated rings. The molecule has 5 rings (SSSR count). The molecule has 0 spiro atoms. The average molecular weight is 434 g/mol. The van der Waals surface area contributed by atoms with Crippen molar-refractivity contribution in [3.8, 4) is 5.75 Å². The summed E-state index contributed by atoms with van der Waals surface area (Å²) in [5.41, 5.74) is 2.97. The van der Waals surface area contributed by atoms with Gasteiger partial charge < -0.3 is 15.0 Å². The number of fused-ring (bicyclic) bond motifs is 2. The lowest BCUT2D eigenvalue weighted by atomic mass is 10.1. The molecule has 5 nitrogen and oxygen atoms in total. The normalized spacial score (nSPS) is 16.3. The van der Waals surface area contributed by atoms with Gasteiger partial charge >= 0.3 is 0 Å². The van der Waals surface area contributed by atoms with Crippen molar-refractivity contribution in [2.24, 2.45) is 0 Å². The lowest BCUT2D eigenvalue weighted by Gasteiger charge is -2.36. The largest absolute Gasteiger partial charge is 0.494 e. The highest BCUT2D eigenvalue weighted by Gasteiger charge is 2.20. The van der Waals surface area contributed by atoms with E-state index in [-0.39, 0.29) is 11.7 Å². The molecule has 2 aliphatic heterocycles. The van der Waals surface area contributed by atoms with Crippen LogP contribution in [0.15, 0.2) is 54.6 Å². The summed E-state index contributed by atoms with van der Waals surface area (Å²) >= 11 is 0. The van der Waals surface area contributed by atoms with E-state index in [0.29, 0.717) is 13.2 Å². The van der Waals surface area contributed by atoms with E-state index in [9.17, 15) is 9.18 Å². The number of ether oxygens (including phenoxy) is 1. The minimum atomic E-state index is -0.188. The molecule has 0 atom stereocenters. The number of hydrogen-bond acceptors (Lipinski definition) is 4. The number of halogens is 1. The third-order valence-electron chi connectivity index (χ3n) is 6.43. The quantitative estimate of drug-likeness (QED) is 0.567. The predicted molar refractivity (Wildman–Crippen MR) is 125 cm³/mol. The van der Waals surface area contributed by atoms with E-state index in [1.807, 2.05) is 36.4 Å². The highest BCUT2D eigenvalue weighted by molar-refractivity contribution is 5.98. The first-order valence-corrected chi connectivity index (χ1v) is 11.4. The number of unbranched alkanes of at least 4 members (excludes halogenated alkanes) is 1. The van der Waals surface area contributed by atoms with Crippen LogP contribution in [0.5, 0.6) is 5.75 Å². The highest BCUT2D eigenvalue weighted by atomic mass is 19.1. The van der Waals surface area contributed by atoms with Crippen LogP contribution >= 0.6 is 0 Å². The van der Waals surface area contributed by atoms with E-state index in [2.05, 4.69) is 21.2 Å². The molecule has 2 heterocycles. The zero-order valence-corrected chi connectivity index (χ0v) is 18.1. The summed E-state index contributed by atoms with van der Waals surface area (Å²) < 4.78 is 19.4. The fourth-order valence-electron chi connectivity index (χ4n) is 4.65. The van der Waals surface area contributed by atoms with Gasteiger partial charge in [-0.15, -0.1) is 0 Å². The SMILES string of the molecule is O=C1NCc2cc(OCCCCN3CCN(c4cccc5cc(F)ccc45)CC3)ccc21. The monoisotopic (exact) mass is 433 g/mol. The Morgan fingerprint density at radius 3 is 2.72 bits per heavy atom. The summed E-state index contributed by atoms with van der Waals surface area (Å²) in [5, 5.41) is 4.90. The Morgan fingerprint density at radius 2 is 1.84 bits per heavy atom. The Morgan fingerprint density at radius 1 is 0.969 bits per heavy atom. The van der Waals surface area contributed by atoms with Crippen LogP contribution in [0, 0.1) is 5.82 Å². The van der Waals surface area contributed by atoms with Crippen molar-refractivity contribution >= 4 is 22.4 Å². The zero-order valence-electron chi connectivity index (χ0n) is 18.1. The molecule has 1 amide bonds. The van der Waals surface area contributed by atoms with Crippen molar-refractivity contribution in [1.29, 1.82) is 0 Å². The minimum Gasteiger partial charge on any atom is -0.494 e. The maximum Gasteiger partial charge on any atom is 0.251 e. The summed E-state index contributed by atoms with van der Waals surface area (Å²) in [7, 11) is 0. The van der Waals surface area contributed by atoms with E-state index in [1.54, 1.807) is 12.1 Å². The lowest BCUT2D eigenvalue weighted by molar-refractivity contribution is 0.0965. The van der Waals surface area contributed by atoms with Crippen molar-refractivity contribution in [2.45, 2.75) is 19.4 Å². The Kier molecular flexibility index (Phi) is 5.95. The molecule has 0 radical (unpaired) electrons. The molecule has 0 aliphatic carbocycles. The number of carbonyl (C=O) groups excluding carboxylic acids is 1. The van der Waals surface area contributed by atoms with Crippen molar-refractivity contribution in [3.63, 3.8) is 0 Å². The fraction of sp³-hybridized carbons (Fsp3) is 0.346. The second-order valence-electron chi connectivity index (χ2n) is 8.53. The van der Waals surface area contributed by atoms with E-state index in [1.165, 1.54) is 5.69 Å². The van der Waals surface area contributed by atoms with Crippen LogP contribution in [0.3, 0.4) is 0 Å². The Bertz CT molecular complexity index is 1130. The number of rotatable bonds is 7. The first-order chi connectivity index (χ1) is 15.7. The maximum atomic E-state index is 13.6. The number of nitrogens with one attached hydrogen (secondary N) is 1. The van der Waals surface area contributed by atoms with E-state index >= 15 is 0 Å². The van der Waals surface area contributed by atoms with Crippen molar-refractivity contribution < 1.29 is 13.9 Å². The van der Waals surface area contributed by atoms with Crippen LogP contribution in [-0.2, 0) is 6.54 Å². The standard InChI is InChI=1S/C26H28FN3O2/c27-21-6-8-23-19(16-21)4-3-5-25(23)30-13-11-29(12-14-30)10-1-2-15-32-22-7-9-24-20(17-22)18-28-26(24)31/h3-9,16-17H,1-2,10-15,18H2,(H,28,31). The second-order valence-corrected chi connectivity index (χ2v) is 8.53. The van der Waals surface area contributed by atoms with Gasteiger partial charge in [0.15, 0.2) is 0 Å². The van der Waals surface area contributed by atoms with Gasteiger partial charge in [0.05, 0.1) is 6.61 Å². The summed E-state index contributed by atoms with van der Waals surface area (Å²) in [5.74, 6) is 0.650. The van der Waals surface area contributed by atoms with Crippen molar-refractivity contribution in [1.82, 2.24) is 10.2 Å². The zero-order chi connectivity index (χ0) is 21.9. The molecule has 0 bridgehead atoms. The molecular formula is C26H28FN3O2. The molecule has 1 N–H and O–H groups in total. The van der Waals surface area contributed by atoms with E-state index < -0.39 is 0 Å². The molecule has 2 aliphatic rings. The first kappa shape index (κ1) is 20.8. The van der Waals surface area contributed by atoms with Crippen LogP contribution in [0.1, 0.15) is 28.8 Å². The molecule has 6 heteroatoms. The van der Waals surface area contributed by atoms with Crippen LogP contribution in [0.25, 0.3) is 10.8 Å². The second kappa shape index (κ2) is 9.17. The van der Waals surface area contributed by atoms with Crippen molar-refractivity contribution in [2.75, 3.05) is 44.2 Å². The van der Waals surface area contributed by atoms with Crippen LogP contribution in [-0.4, -0.2) is 50.1 Å². The van der Waals surface area contributed by atoms with Gasteiger partial charge in [0.25, 0.3) is 5.91 Å². The molecule has 0 aromatic heterocycles. The third-order valence-corrected chi connectivity index (χ3v) is 6.43. The van der Waals surface area contributed by atoms with Gasteiger partial charge in [-0.3, -0.25) is 9.69 Å². The van der Waals surface area contributed by atoms with Crippen molar-refractivity contribution in [3.05, 3.63) is 71.5 Å². The van der Waals surface area contributed by atoms with Gasteiger partial charge in [0.1, 0.15) is 11.6 Å². The van der Waals surface area contributed by atoms with Crippen LogP contribution < -0.4 is 15.0 Å². The smallest absolute Gasteiger partial charge is 0.251 e. The number of anilines is 1. The van der Waals surface area contributed by atoms with Gasteiger partial charge in [0, 0.05) is 49.4 Å². The average Bonchev–Trinajstić information content (AvgIpc) is 3.19. The Hall–Kier alpha value is -3.12. The summed E-state index contributed by atoms with van der Waals surface area (Å²) in [4.78, 5) is 16.5. The first-order valence-electron chi connectivity index (χ1n) is 11.4. The maximum absolute atomic E-state index is 13.6. The summed E-state index contributed by atoms with van der Waals surface area (Å²) in [6.45, 7) is 6.37. The fourth-order valence-corrected chi connectivity index (χ4v) is 4.65. The molecule has 1 saturated heterocycles. The minimum absolute atomic E-state index is 0.000922. The predicted octanol–water partition coefficient (Wildman–Crippen LogP) is 4.20. The highest BCUT2D eigenvalue weighted by Crippen LogP contribution is 2.28. The third kappa shape index (κ3) is 4.41. The van der Waals surface area contributed by atoms with E-state index in [4.69, 9.17) is 4.74 Å². The topological polar surface area (TPSA) is 44.8 Å². The lowest BCUT2D eigenvalue weighted by Crippen LogP contribution is -2.46. The Labute approximate surface area is 187 Å². The van der Waals surface area contributed by atoms with Crippen LogP contribution in [0.4, 0.5) is 10.1 Å². The van der Waals surface area contributed by atoms with Gasteiger partial charge in [-0.2, -0.15) is 0 Å². The molecule has 0 unspecified atom stereocenters. The van der Waals surface area contributed by atoms with Gasteiger partial charge in [0.2, 0.25) is 0 Å². The van der Waals surface area contributed by atoms with Gasteiger partial charge in [-0.25, -0.2) is 4.39 Å². The number of piperazine rings is 1. The van der Waals surface area contributed by atoms with E-state index in [0.717, 1.165) is 73.2 Å². The molecule has 3 aromatic rings. The molecule has 166 valence electrons. The Balaban J connectivity index is 1.06. The van der Waals surface area contributed by atoms with Gasteiger partial charge in [-0.05, 0) is 72.8 Å². The number of amides is 1. The number of benzene rings is 3. The molecular weight excluding hydrogens is 405 g/mol. The number of carbonyl (C=O) groups is 1. The summed E-state index contributed by atoms with van der Waals surface area (Å²) in [6, 6.07) is 16.9. The molecule has 32 heavy (non-hydrogen) atoms. The number of nitrogens with zero attached hydrogens (tertiary/aromatic N) is 2. The number of hydrogen-bond donors (Lipinski definition) is 1. The molecule has 0 saturated carbocycles. The van der Waals surface area contributed by atoms with Gasteiger partial charge in [-0.1, -0.05) is 12.1 Å². The summed E-state index contributed by atoms with van der Waals surface area (Å²) in [6.07, 6.45) is 2.10. The molecule has 3 aromatic carbocycles. The van der Waals surface area contributed by atoms with Crippen LogP contribution in [0.2, 0.25) is 0 Å².